The van der Waals surface area contributed by atoms with Crippen LogP contribution in [-0.4, -0.2) is 37.2 Å². The van der Waals surface area contributed by atoms with E-state index in [0.29, 0.717) is 12.1 Å². The van der Waals surface area contributed by atoms with E-state index in [2.05, 4.69) is 44.9 Å². The highest BCUT2D eigenvalue weighted by molar-refractivity contribution is 5.33. The molecule has 19 heavy (non-hydrogen) atoms. The Hall–Kier alpha value is -1.06. The molecule has 0 heterocycles. The van der Waals surface area contributed by atoms with Crippen LogP contribution in [0, 0.1) is 0 Å². The Kier molecular flexibility index (Phi) is 6.32. The quantitative estimate of drug-likeness (QED) is 0.823. The van der Waals surface area contributed by atoms with Crippen LogP contribution in [0.3, 0.4) is 0 Å². The highest BCUT2D eigenvalue weighted by atomic mass is 16.5. The zero-order chi connectivity index (χ0) is 14.4. The summed E-state index contributed by atoms with van der Waals surface area (Å²) in [6, 6.07) is 9.43. The van der Waals surface area contributed by atoms with Gasteiger partial charge in [0.05, 0.1) is 7.11 Å². The van der Waals surface area contributed by atoms with E-state index in [1.165, 1.54) is 5.56 Å². The first kappa shape index (κ1) is 16.0. The highest BCUT2D eigenvalue weighted by Crippen LogP contribution is 2.21. The average Bonchev–Trinajstić information content (AvgIpc) is 2.37. The number of nitrogens with zero attached hydrogens (tertiary/aromatic N) is 1. The summed E-state index contributed by atoms with van der Waals surface area (Å²) in [6.07, 6.45) is 2.01. The molecule has 3 heteroatoms. The number of methoxy groups -OCH3 is 1. The molecule has 0 amide bonds. The van der Waals surface area contributed by atoms with Gasteiger partial charge in [-0.3, -0.25) is 0 Å². The van der Waals surface area contributed by atoms with Crippen molar-refractivity contribution in [3.63, 3.8) is 0 Å². The Balaban J connectivity index is 2.65. The summed E-state index contributed by atoms with van der Waals surface area (Å²) >= 11 is 0. The summed E-state index contributed by atoms with van der Waals surface area (Å²) in [5.41, 5.74) is 7.14. The average molecular weight is 264 g/mol. The van der Waals surface area contributed by atoms with E-state index >= 15 is 0 Å². The Labute approximate surface area is 117 Å². The number of rotatable bonds is 7. The molecule has 108 valence electrons. The number of nitrogens with two attached hydrogens (primary N) is 1. The number of ether oxygens (including phenoxy) is 1. The van der Waals surface area contributed by atoms with Gasteiger partial charge in [0.25, 0.3) is 0 Å². The number of hydrogen-bond acceptors (Lipinski definition) is 3. The van der Waals surface area contributed by atoms with Crippen LogP contribution in [0.25, 0.3) is 0 Å². The van der Waals surface area contributed by atoms with Crippen LogP contribution in [0.2, 0.25) is 0 Å². The summed E-state index contributed by atoms with van der Waals surface area (Å²) in [6.45, 7) is 6.56. The van der Waals surface area contributed by atoms with Crippen LogP contribution in [-0.2, 0) is 6.42 Å². The molecular weight excluding hydrogens is 236 g/mol. The lowest BCUT2D eigenvalue weighted by molar-refractivity contribution is 0.180. The Bertz CT molecular complexity index is 379. The van der Waals surface area contributed by atoms with Gasteiger partial charge >= 0.3 is 0 Å². The van der Waals surface area contributed by atoms with Crippen LogP contribution >= 0.6 is 0 Å². The molecule has 3 unspecified atom stereocenters. The fraction of sp³-hybridized carbons (Fsp3) is 0.625. The first-order valence-electron chi connectivity index (χ1n) is 7.05. The second-order valence-corrected chi connectivity index (χ2v) is 5.59. The molecular formula is C16H28N2O. The largest absolute Gasteiger partial charge is 0.496 e. The predicted octanol–water partition coefficient (Wildman–Crippen LogP) is 2.68. The molecule has 0 fully saturated rings. The van der Waals surface area contributed by atoms with E-state index in [1.54, 1.807) is 7.11 Å². The number of hydrogen-bond donors (Lipinski definition) is 1. The van der Waals surface area contributed by atoms with Crippen molar-refractivity contribution in [3.05, 3.63) is 29.8 Å². The van der Waals surface area contributed by atoms with Gasteiger partial charge < -0.3 is 15.4 Å². The molecule has 0 radical (unpaired) electrons. The monoisotopic (exact) mass is 264 g/mol. The molecule has 0 aliphatic carbocycles. The van der Waals surface area contributed by atoms with E-state index < -0.39 is 0 Å². The summed E-state index contributed by atoms with van der Waals surface area (Å²) in [5, 5.41) is 0. The van der Waals surface area contributed by atoms with Crippen molar-refractivity contribution in [2.45, 2.75) is 51.7 Å². The minimum atomic E-state index is 0.246. The lowest BCUT2D eigenvalue weighted by atomic mass is 10.0. The van der Waals surface area contributed by atoms with Gasteiger partial charge in [0.15, 0.2) is 0 Å². The zero-order valence-electron chi connectivity index (χ0n) is 12.9. The van der Waals surface area contributed by atoms with Crippen molar-refractivity contribution >= 4 is 0 Å². The number of likely N-dealkylation sites (N-methyl/N-ethyl adjacent to an activating group) is 1. The van der Waals surface area contributed by atoms with E-state index in [9.17, 15) is 0 Å². The molecule has 2 N–H and O–H groups in total. The lowest BCUT2D eigenvalue weighted by Crippen LogP contribution is -2.40. The van der Waals surface area contributed by atoms with Crippen LogP contribution in [0.5, 0.6) is 5.75 Å². The molecule has 0 bridgehead atoms. The van der Waals surface area contributed by atoms with Gasteiger partial charge in [-0.2, -0.15) is 0 Å². The van der Waals surface area contributed by atoms with Gasteiger partial charge in [-0.1, -0.05) is 18.2 Å². The van der Waals surface area contributed by atoms with Gasteiger partial charge in [0, 0.05) is 18.1 Å². The topological polar surface area (TPSA) is 38.5 Å². The van der Waals surface area contributed by atoms with Crippen LogP contribution < -0.4 is 10.5 Å². The van der Waals surface area contributed by atoms with Crippen molar-refractivity contribution in [2.24, 2.45) is 5.73 Å². The Morgan fingerprint density at radius 1 is 1.16 bits per heavy atom. The third-order valence-corrected chi connectivity index (χ3v) is 3.81. The fourth-order valence-electron chi connectivity index (χ4n) is 2.47. The van der Waals surface area contributed by atoms with Crippen molar-refractivity contribution in [3.8, 4) is 5.75 Å². The van der Waals surface area contributed by atoms with Crippen molar-refractivity contribution in [1.82, 2.24) is 4.90 Å². The third kappa shape index (κ3) is 4.84. The molecule has 3 atom stereocenters. The van der Waals surface area contributed by atoms with E-state index in [4.69, 9.17) is 10.5 Å². The molecule has 0 aliphatic rings. The Morgan fingerprint density at radius 3 is 2.37 bits per heavy atom. The van der Waals surface area contributed by atoms with Crippen LogP contribution in [0.1, 0.15) is 32.8 Å². The van der Waals surface area contributed by atoms with Crippen molar-refractivity contribution < 1.29 is 4.74 Å². The SMILES string of the molecule is COc1ccccc1CC(C)N(C)C(C)CC(C)N. The normalized spacial score (nSPS) is 16.2. The highest BCUT2D eigenvalue weighted by Gasteiger charge is 2.18. The molecule has 1 aromatic rings. The van der Waals surface area contributed by atoms with Crippen LogP contribution in [0.4, 0.5) is 0 Å². The fourth-order valence-corrected chi connectivity index (χ4v) is 2.47. The van der Waals surface area contributed by atoms with Gasteiger partial charge in [-0.25, -0.2) is 0 Å². The summed E-state index contributed by atoms with van der Waals surface area (Å²) < 4.78 is 5.41. The summed E-state index contributed by atoms with van der Waals surface area (Å²) in [4.78, 5) is 2.40. The lowest BCUT2D eigenvalue weighted by Gasteiger charge is -2.32. The molecule has 1 rings (SSSR count). The second-order valence-electron chi connectivity index (χ2n) is 5.59. The third-order valence-electron chi connectivity index (χ3n) is 3.81. The molecule has 3 nitrogen and oxygen atoms in total. The van der Waals surface area contributed by atoms with Gasteiger partial charge in [0.1, 0.15) is 5.75 Å². The molecule has 0 saturated carbocycles. The molecule has 0 spiro atoms. The van der Waals surface area contributed by atoms with E-state index in [1.807, 2.05) is 12.1 Å². The summed E-state index contributed by atoms with van der Waals surface area (Å²) in [5.74, 6) is 0.975. The maximum atomic E-state index is 5.88. The first-order chi connectivity index (χ1) is 8.95. The van der Waals surface area contributed by atoms with Crippen molar-refractivity contribution in [1.29, 1.82) is 0 Å². The molecule has 0 aliphatic heterocycles. The summed E-state index contributed by atoms with van der Waals surface area (Å²) in [7, 11) is 3.90. The minimum Gasteiger partial charge on any atom is -0.496 e. The zero-order valence-corrected chi connectivity index (χ0v) is 12.9. The first-order valence-corrected chi connectivity index (χ1v) is 7.05. The molecule has 0 saturated heterocycles. The van der Waals surface area contributed by atoms with Gasteiger partial charge in [-0.05, 0) is 52.3 Å². The van der Waals surface area contributed by atoms with Gasteiger partial charge in [-0.15, -0.1) is 0 Å². The predicted molar refractivity (Wildman–Crippen MR) is 81.7 cm³/mol. The molecule has 1 aromatic carbocycles. The van der Waals surface area contributed by atoms with Crippen molar-refractivity contribution in [2.75, 3.05) is 14.2 Å². The van der Waals surface area contributed by atoms with Gasteiger partial charge in [0.2, 0.25) is 0 Å². The number of para-hydroxylation sites is 1. The maximum Gasteiger partial charge on any atom is 0.122 e. The maximum absolute atomic E-state index is 5.88. The smallest absolute Gasteiger partial charge is 0.122 e. The van der Waals surface area contributed by atoms with Crippen LogP contribution in [0.15, 0.2) is 24.3 Å². The van der Waals surface area contributed by atoms with E-state index in [0.717, 1.165) is 18.6 Å². The number of benzene rings is 1. The minimum absolute atomic E-state index is 0.246. The van der Waals surface area contributed by atoms with E-state index in [-0.39, 0.29) is 6.04 Å². The molecule has 0 aromatic heterocycles. The standard InChI is InChI=1S/C16H28N2O/c1-12(17)10-13(2)18(4)14(3)11-15-8-6-7-9-16(15)19-5/h6-9,12-14H,10-11,17H2,1-5H3. The Morgan fingerprint density at radius 2 is 1.79 bits per heavy atom. The second kappa shape index (κ2) is 7.51.